The summed E-state index contributed by atoms with van der Waals surface area (Å²) in [4.78, 5) is 4.30. The van der Waals surface area contributed by atoms with Crippen LogP contribution in [0.3, 0.4) is 0 Å². The highest BCUT2D eigenvalue weighted by molar-refractivity contribution is 7.07. The number of benzene rings is 1. The maximum Gasteiger partial charge on any atom is 0.416 e. The fourth-order valence-electron chi connectivity index (χ4n) is 2.06. The van der Waals surface area contributed by atoms with Gasteiger partial charge in [0.25, 0.3) is 0 Å². The molecule has 21 heavy (non-hydrogen) atoms. The van der Waals surface area contributed by atoms with Gasteiger partial charge in [-0.2, -0.15) is 13.2 Å². The minimum atomic E-state index is -4.28. The van der Waals surface area contributed by atoms with E-state index >= 15 is 0 Å². The molecule has 0 aliphatic carbocycles. The zero-order valence-electron chi connectivity index (χ0n) is 11.7. The van der Waals surface area contributed by atoms with Crippen LogP contribution in [0.25, 0.3) is 0 Å². The van der Waals surface area contributed by atoms with Crippen LogP contribution in [0.15, 0.2) is 35.2 Å². The fourth-order valence-corrected chi connectivity index (χ4v) is 2.67. The Bertz CT molecular complexity index is 535. The van der Waals surface area contributed by atoms with Gasteiger partial charge in [-0.15, -0.1) is 11.3 Å². The normalized spacial score (nSPS) is 13.3. The minimum Gasteiger partial charge on any atom is -0.308 e. The van der Waals surface area contributed by atoms with Crippen LogP contribution < -0.4 is 5.32 Å². The Balaban J connectivity index is 2.09. The molecule has 0 fully saturated rings. The molecule has 0 aliphatic rings. The van der Waals surface area contributed by atoms with Crippen molar-refractivity contribution in [1.29, 1.82) is 0 Å². The monoisotopic (exact) mass is 314 g/mol. The molecule has 2 aromatic rings. The van der Waals surface area contributed by atoms with Gasteiger partial charge in [0.1, 0.15) is 0 Å². The van der Waals surface area contributed by atoms with Crippen molar-refractivity contribution < 1.29 is 13.2 Å². The minimum absolute atomic E-state index is 0.0351. The van der Waals surface area contributed by atoms with Crippen molar-refractivity contribution in [2.24, 2.45) is 0 Å². The Kier molecular flexibility index (Phi) is 5.36. The van der Waals surface area contributed by atoms with Gasteiger partial charge in [0.15, 0.2) is 0 Å². The van der Waals surface area contributed by atoms with Gasteiger partial charge in [0, 0.05) is 5.38 Å². The van der Waals surface area contributed by atoms with Gasteiger partial charge in [-0.3, -0.25) is 0 Å². The molecule has 2 nitrogen and oxygen atoms in total. The van der Waals surface area contributed by atoms with Crippen molar-refractivity contribution in [2.45, 2.75) is 32.0 Å². The molecule has 1 aromatic carbocycles. The second kappa shape index (κ2) is 7.04. The van der Waals surface area contributed by atoms with E-state index in [1.807, 2.05) is 5.38 Å². The molecule has 1 heterocycles. The van der Waals surface area contributed by atoms with E-state index in [4.69, 9.17) is 0 Å². The summed E-state index contributed by atoms with van der Waals surface area (Å²) in [6, 6.07) is 5.37. The molecule has 2 rings (SSSR count). The van der Waals surface area contributed by atoms with Gasteiger partial charge >= 0.3 is 6.18 Å². The molecule has 0 bridgehead atoms. The quantitative estimate of drug-likeness (QED) is 0.852. The molecule has 0 spiro atoms. The number of hydrogen-bond acceptors (Lipinski definition) is 3. The van der Waals surface area contributed by atoms with Crippen molar-refractivity contribution in [1.82, 2.24) is 10.3 Å². The average Bonchev–Trinajstić information content (AvgIpc) is 2.97. The number of nitrogens with one attached hydrogen (secondary N) is 1. The highest BCUT2D eigenvalue weighted by Crippen LogP contribution is 2.29. The summed E-state index contributed by atoms with van der Waals surface area (Å²) in [5.41, 5.74) is 2.96. The zero-order chi connectivity index (χ0) is 15.3. The molecule has 0 saturated carbocycles. The summed E-state index contributed by atoms with van der Waals surface area (Å²) in [5.74, 6) is 0. The molecule has 114 valence electrons. The van der Waals surface area contributed by atoms with Crippen LogP contribution in [-0.4, -0.2) is 11.5 Å². The highest BCUT2D eigenvalue weighted by atomic mass is 32.1. The van der Waals surface area contributed by atoms with Crippen molar-refractivity contribution in [2.75, 3.05) is 6.54 Å². The number of halogens is 3. The average molecular weight is 314 g/mol. The molecule has 1 atom stereocenters. The molecule has 1 unspecified atom stereocenters. The van der Waals surface area contributed by atoms with Crippen molar-refractivity contribution in [3.63, 3.8) is 0 Å². The van der Waals surface area contributed by atoms with Crippen LogP contribution in [0.1, 0.15) is 36.2 Å². The van der Waals surface area contributed by atoms with Gasteiger partial charge in [0.05, 0.1) is 22.8 Å². The standard InChI is InChI=1S/C15H17F3N2S/c1-2-7-19-13(14-9-21-10-20-14)8-11-3-5-12(6-4-11)15(16,17)18/h3-6,9-10,13,19H,2,7-8H2,1H3. The molecule has 0 aliphatic heterocycles. The molecule has 1 N–H and O–H groups in total. The van der Waals surface area contributed by atoms with E-state index in [0.29, 0.717) is 6.42 Å². The summed E-state index contributed by atoms with van der Waals surface area (Å²) >= 11 is 1.52. The first kappa shape index (κ1) is 16.0. The van der Waals surface area contributed by atoms with Gasteiger partial charge in [-0.25, -0.2) is 4.98 Å². The molecule has 0 amide bonds. The largest absolute Gasteiger partial charge is 0.416 e. The topological polar surface area (TPSA) is 24.9 Å². The van der Waals surface area contributed by atoms with Gasteiger partial charge in [-0.1, -0.05) is 19.1 Å². The molecular formula is C15H17F3N2S. The smallest absolute Gasteiger partial charge is 0.308 e. The molecule has 6 heteroatoms. The van der Waals surface area contributed by atoms with Gasteiger partial charge < -0.3 is 5.32 Å². The highest BCUT2D eigenvalue weighted by Gasteiger charge is 2.30. The van der Waals surface area contributed by atoms with E-state index in [9.17, 15) is 13.2 Å². The molecule has 0 radical (unpaired) electrons. The second-order valence-electron chi connectivity index (χ2n) is 4.82. The number of thiazole rings is 1. The summed E-state index contributed by atoms with van der Waals surface area (Å²) in [6.45, 7) is 2.92. The number of nitrogens with zero attached hydrogens (tertiary/aromatic N) is 1. The third-order valence-electron chi connectivity index (χ3n) is 3.17. The first-order valence-corrected chi connectivity index (χ1v) is 7.72. The maximum absolute atomic E-state index is 12.6. The van der Waals surface area contributed by atoms with E-state index in [2.05, 4.69) is 17.2 Å². The second-order valence-corrected chi connectivity index (χ2v) is 5.54. The third kappa shape index (κ3) is 4.54. The summed E-state index contributed by atoms with van der Waals surface area (Å²) in [6.07, 6.45) is -2.66. The predicted octanol–water partition coefficient (Wildman–Crippen LogP) is 4.45. The third-order valence-corrected chi connectivity index (χ3v) is 3.77. The maximum atomic E-state index is 12.6. The number of rotatable bonds is 6. The van der Waals surface area contributed by atoms with E-state index in [1.165, 1.54) is 23.5 Å². The summed E-state index contributed by atoms with van der Waals surface area (Å²) in [5, 5.41) is 5.36. The number of alkyl halides is 3. The van der Waals surface area contributed by atoms with Crippen molar-refractivity contribution >= 4 is 11.3 Å². The lowest BCUT2D eigenvalue weighted by atomic mass is 10.0. The first-order valence-electron chi connectivity index (χ1n) is 6.78. The Morgan fingerprint density at radius 3 is 2.48 bits per heavy atom. The zero-order valence-corrected chi connectivity index (χ0v) is 12.5. The van der Waals surface area contributed by atoms with E-state index in [1.54, 1.807) is 5.51 Å². The van der Waals surface area contributed by atoms with Crippen LogP contribution in [-0.2, 0) is 12.6 Å². The van der Waals surface area contributed by atoms with Crippen molar-refractivity contribution in [3.8, 4) is 0 Å². The van der Waals surface area contributed by atoms with Crippen LogP contribution in [0.2, 0.25) is 0 Å². The summed E-state index contributed by atoms with van der Waals surface area (Å²) < 4.78 is 37.7. The van der Waals surface area contributed by atoms with E-state index in [0.717, 1.165) is 36.4 Å². The fraction of sp³-hybridized carbons (Fsp3) is 0.400. The predicted molar refractivity (Wildman–Crippen MR) is 78.3 cm³/mol. The van der Waals surface area contributed by atoms with Crippen LogP contribution in [0.5, 0.6) is 0 Å². The summed E-state index contributed by atoms with van der Waals surface area (Å²) in [7, 11) is 0. The van der Waals surface area contributed by atoms with Crippen LogP contribution in [0, 0.1) is 0 Å². The number of hydrogen-bond donors (Lipinski definition) is 1. The van der Waals surface area contributed by atoms with E-state index < -0.39 is 11.7 Å². The van der Waals surface area contributed by atoms with E-state index in [-0.39, 0.29) is 6.04 Å². The van der Waals surface area contributed by atoms with Gasteiger partial charge in [0.2, 0.25) is 0 Å². The number of aromatic nitrogens is 1. The Hall–Kier alpha value is -1.40. The van der Waals surface area contributed by atoms with Crippen LogP contribution in [0.4, 0.5) is 13.2 Å². The SMILES string of the molecule is CCCNC(Cc1ccc(C(F)(F)F)cc1)c1cscn1. The molecular weight excluding hydrogens is 297 g/mol. The lowest BCUT2D eigenvalue weighted by molar-refractivity contribution is -0.137. The lowest BCUT2D eigenvalue weighted by Crippen LogP contribution is -2.24. The lowest BCUT2D eigenvalue weighted by Gasteiger charge is -2.17. The Morgan fingerprint density at radius 1 is 1.24 bits per heavy atom. The Morgan fingerprint density at radius 2 is 1.95 bits per heavy atom. The molecule has 0 saturated heterocycles. The van der Waals surface area contributed by atoms with Gasteiger partial charge in [-0.05, 0) is 37.1 Å². The first-order chi connectivity index (χ1) is 10.0. The molecule has 1 aromatic heterocycles. The van der Waals surface area contributed by atoms with Crippen LogP contribution >= 0.6 is 11.3 Å². The Labute approximate surface area is 126 Å². The van der Waals surface area contributed by atoms with Crippen molar-refractivity contribution in [3.05, 3.63) is 52.0 Å².